The highest BCUT2D eigenvalue weighted by molar-refractivity contribution is 6.02. The zero-order chi connectivity index (χ0) is 28.2. The molecule has 40 heavy (non-hydrogen) atoms. The van der Waals surface area contributed by atoms with E-state index in [4.69, 9.17) is 9.15 Å². The zero-order valence-corrected chi connectivity index (χ0v) is 22.8. The average Bonchev–Trinajstić information content (AvgIpc) is 3.42. The van der Waals surface area contributed by atoms with E-state index in [1.807, 2.05) is 68.1 Å². The van der Waals surface area contributed by atoms with E-state index in [0.717, 1.165) is 28.7 Å². The number of oxazole rings is 1. The van der Waals surface area contributed by atoms with Gasteiger partial charge in [0.1, 0.15) is 17.8 Å². The minimum Gasteiger partial charge on any atom is -0.484 e. The Labute approximate surface area is 233 Å². The van der Waals surface area contributed by atoms with Crippen molar-refractivity contribution in [2.75, 3.05) is 11.9 Å². The van der Waals surface area contributed by atoms with Crippen LogP contribution < -0.4 is 10.1 Å². The Morgan fingerprint density at radius 1 is 1.10 bits per heavy atom. The Bertz CT molecular complexity index is 1500. The molecule has 5 rings (SSSR count). The van der Waals surface area contributed by atoms with Crippen LogP contribution in [-0.4, -0.2) is 28.2 Å². The first-order valence-electron chi connectivity index (χ1n) is 13.4. The van der Waals surface area contributed by atoms with Crippen molar-refractivity contribution >= 4 is 17.5 Å². The highest BCUT2D eigenvalue weighted by Crippen LogP contribution is 2.38. The smallest absolute Gasteiger partial charge is 0.277 e. The molecule has 0 spiro atoms. The fourth-order valence-electron chi connectivity index (χ4n) is 4.88. The number of benzene rings is 3. The summed E-state index contributed by atoms with van der Waals surface area (Å²) in [4.78, 5) is 31.9. The van der Waals surface area contributed by atoms with Crippen LogP contribution in [0.25, 0.3) is 0 Å². The van der Waals surface area contributed by atoms with Gasteiger partial charge in [-0.3, -0.25) is 9.59 Å². The molecule has 1 atom stereocenters. The summed E-state index contributed by atoms with van der Waals surface area (Å²) in [6.45, 7) is 6.63. The summed E-state index contributed by atoms with van der Waals surface area (Å²) in [5.74, 6) is 0.429. The predicted molar refractivity (Wildman–Crippen MR) is 150 cm³/mol. The number of anilines is 1. The number of hydrogen-bond acceptors (Lipinski definition) is 5. The van der Waals surface area contributed by atoms with Gasteiger partial charge in [-0.15, -0.1) is 0 Å². The van der Waals surface area contributed by atoms with Crippen LogP contribution in [0, 0.1) is 18.7 Å². The fourth-order valence-corrected chi connectivity index (χ4v) is 4.88. The van der Waals surface area contributed by atoms with Crippen LogP contribution in [0.1, 0.15) is 64.9 Å². The van der Waals surface area contributed by atoms with Crippen molar-refractivity contribution in [2.24, 2.45) is 5.92 Å². The van der Waals surface area contributed by atoms with E-state index in [2.05, 4.69) is 10.3 Å². The third-order valence-electron chi connectivity index (χ3n) is 6.89. The topological polar surface area (TPSA) is 84.7 Å². The third-order valence-corrected chi connectivity index (χ3v) is 6.89. The van der Waals surface area contributed by atoms with Crippen LogP contribution in [0.5, 0.6) is 5.75 Å². The van der Waals surface area contributed by atoms with Gasteiger partial charge in [-0.05, 0) is 72.4 Å². The summed E-state index contributed by atoms with van der Waals surface area (Å²) >= 11 is 0. The van der Waals surface area contributed by atoms with Gasteiger partial charge in [0.2, 0.25) is 11.8 Å². The lowest BCUT2D eigenvalue weighted by molar-refractivity contribution is -0.134. The lowest BCUT2D eigenvalue weighted by Crippen LogP contribution is -2.41. The van der Waals surface area contributed by atoms with Crippen LogP contribution in [0.15, 0.2) is 77.4 Å². The molecule has 1 aliphatic rings. The van der Waals surface area contributed by atoms with Crippen molar-refractivity contribution in [3.8, 4) is 5.75 Å². The van der Waals surface area contributed by atoms with Crippen molar-refractivity contribution in [3.05, 3.63) is 113 Å². The summed E-state index contributed by atoms with van der Waals surface area (Å²) in [5, 5.41) is 2.80. The molecule has 3 aromatic carbocycles. The van der Waals surface area contributed by atoms with E-state index in [1.165, 1.54) is 18.4 Å². The number of aromatic nitrogens is 1. The Hall–Kier alpha value is -4.46. The van der Waals surface area contributed by atoms with Gasteiger partial charge in [0.15, 0.2) is 12.3 Å². The van der Waals surface area contributed by atoms with E-state index in [0.29, 0.717) is 24.4 Å². The van der Waals surface area contributed by atoms with Gasteiger partial charge in [-0.1, -0.05) is 49.7 Å². The van der Waals surface area contributed by atoms with Gasteiger partial charge in [0, 0.05) is 18.7 Å². The summed E-state index contributed by atoms with van der Waals surface area (Å²) in [7, 11) is 0. The maximum absolute atomic E-state index is 13.7. The summed E-state index contributed by atoms with van der Waals surface area (Å²) in [6, 6.07) is 19.2. The number of amides is 2. The minimum absolute atomic E-state index is 0.0216. The van der Waals surface area contributed by atoms with Crippen molar-refractivity contribution in [3.63, 3.8) is 0 Å². The van der Waals surface area contributed by atoms with Crippen LogP contribution in [-0.2, 0) is 17.8 Å². The number of halogens is 1. The molecule has 7 nitrogen and oxygen atoms in total. The number of nitrogens with one attached hydrogen (secondary N) is 1. The summed E-state index contributed by atoms with van der Waals surface area (Å²) < 4.78 is 25.2. The highest BCUT2D eigenvalue weighted by Gasteiger charge is 2.32. The molecule has 4 aromatic rings. The molecule has 2 amide bonds. The van der Waals surface area contributed by atoms with Gasteiger partial charge in [0.25, 0.3) is 5.91 Å². The largest absolute Gasteiger partial charge is 0.484 e. The second-order valence-corrected chi connectivity index (χ2v) is 10.5. The predicted octanol–water partition coefficient (Wildman–Crippen LogP) is 6.47. The molecule has 1 unspecified atom stereocenters. The van der Waals surface area contributed by atoms with E-state index >= 15 is 0 Å². The average molecular weight is 542 g/mol. The monoisotopic (exact) mass is 541 g/mol. The maximum Gasteiger partial charge on any atom is 0.277 e. The van der Waals surface area contributed by atoms with Crippen LogP contribution in [0.3, 0.4) is 0 Å². The first-order chi connectivity index (χ1) is 19.3. The van der Waals surface area contributed by atoms with Crippen LogP contribution >= 0.6 is 0 Å². The van der Waals surface area contributed by atoms with E-state index in [-0.39, 0.29) is 47.8 Å². The van der Waals surface area contributed by atoms with Crippen molar-refractivity contribution < 1.29 is 23.1 Å². The molecule has 1 N–H and O–H groups in total. The first kappa shape index (κ1) is 27.1. The molecule has 0 fully saturated rings. The molecule has 0 saturated heterocycles. The number of carbonyl (C=O) groups is 2. The van der Waals surface area contributed by atoms with Crippen molar-refractivity contribution in [1.29, 1.82) is 0 Å². The summed E-state index contributed by atoms with van der Waals surface area (Å²) in [6.07, 6.45) is 2.46. The van der Waals surface area contributed by atoms with Crippen LogP contribution in [0.2, 0.25) is 0 Å². The molecule has 1 aromatic heterocycles. The SMILES string of the molecule is Cc1ccc(NC(=O)c2coc(COc3ccc4c(c3)C(c3ccc(F)cc3)N(C(=O)CC(C)C)CC4)n2)cc1. The molecule has 8 heteroatoms. The lowest BCUT2D eigenvalue weighted by atomic mass is 9.87. The molecule has 206 valence electrons. The second kappa shape index (κ2) is 11.7. The molecule has 0 saturated carbocycles. The Kier molecular flexibility index (Phi) is 7.96. The Morgan fingerprint density at radius 3 is 2.58 bits per heavy atom. The maximum atomic E-state index is 13.7. The fraction of sp³-hybridized carbons (Fsp3) is 0.281. The van der Waals surface area contributed by atoms with Gasteiger partial charge in [0.05, 0.1) is 6.04 Å². The standard InChI is InChI=1S/C32H32FN3O4/c1-20(2)16-30(37)36-15-14-22-8-13-26(17-27(22)31(36)23-6-9-24(33)10-7-23)39-19-29-35-28(18-40-29)32(38)34-25-11-4-21(3)5-12-25/h4-13,17-18,20,31H,14-16,19H2,1-3H3,(H,34,38). The van der Waals surface area contributed by atoms with Crippen molar-refractivity contribution in [2.45, 2.75) is 46.3 Å². The molecule has 0 radical (unpaired) electrons. The molecular formula is C32H32FN3O4. The van der Waals surface area contributed by atoms with E-state index in [9.17, 15) is 14.0 Å². The molecular weight excluding hydrogens is 509 g/mol. The van der Waals surface area contributed by atoms with Gasteiger partial charge in [-0.2, -0.15) is 0 Å². The highest BCUT2D eigenvalue weighted by atomic mass is 19.1. The third kappa shape index (κ3) is 6.22. The normalized spacial score (nSPS) is 14.6. The number of nitrogens with zero attached hydrogens (tertiary/aromatic N) is 2. The number of fused-ring (bicyclic) bond motifs is 1. The van der Waals surface area contributed by atoms with Gasteiger partial charge in [-0.25, -0.2) is 9.37 Å². The van der Waals surface area contributed by atoms with Gasteiger partial charge < -0.3 is 19.4 Å². The minimum atomic E-state index is -0.374. The Morgan fingerprint density at radius 2 is 1.85 bits per heavy atom. The van der Waals surface area contributed by atoms with E-state index in [1.54, 1.807) is 12.1 Å². The summed E-state index contributed by atoms with van der Waals surface area (Å²) in [5.41, 5.74) is 4.82. The zero-order valence-electron chi connectivity index (χ0n) is 22.8. The number of ether oxygens (including phenoxy) is 1. The van der Waals surface area contributed by atoms with Crippen LogP contribution in [0.4, 0.5) is 10.1 Å². The quantitative estimate of drug-likeness (QED) is 0.276. The number of carbonyl (C=O) groups excluding carboxylic acids is 2. The van der Waals surface area contributed by atoms with Gasteiger partial charge >= 0.3 is 0 Å². The number of rotatable bonds is 8. The van der Waals surface area contributed by atoms with Crippen molar-refractivity contribution in [1.82, 2.24) is 9.88 Å². The van der Waals surface area contributed by atoms with E-state index < -0.39 is 0 Å². The Balaban J connectivity index is 1.33. The molecule has 0 bridgehead atoms. The molecule has 1 aliphatic heterocycles. The first-order valence-corrected chi connectivity index (χ1v) is 13.4. The molecule has 2 heterocycles. The lowest BCUT2D eigenvalue weighted by Gasteiger charge is -2.38. The molecule has 0 aliphatic carbocycles. The second-order valence-electron chi connectivity index (χ2n) is 10.5. The number of aryl methyl sites for hydroxylation is 1. The number of hydrogen-bond donors (Lipinski definition) is 1.